The Morgan fingerprint density at radius 1 is 1.07 bits per heavy atom. The number of nitrogens with zero attached hydrogens (tertiary/aromatic N) is 3. The molecule has 0 radical (unpaired) electrons. The van der Waals surface area contributed by atoms with Crippen LogP contribution in [0.2, 0.25) is 0 Å². The summed E-state index contributed by atoms with van der Waals surface area (Å²) in [5.74, 6) is -1.77. The highest BCUT2D eigenvalue weighted by Crippen LogP contribution is 2.45. The maximum atomic E-state index is 14.1. The minimum absolute atomic E-state index is 0.0172. The molecule has 3 fully saturated rings. The first-order chi connectivity index (χ1) is 13.3. The van der Waals surface area contributed by atoms with Crippen LogP contribution in [-0.4, -0.2) is 71.8 Å². The van der Waals surface area contributed by atoms with E-state index in [1.807, 2.05) is 4.90 Å². The lowest BCUT2D eigenvalue weighted by molar-refractivity contribution is -0.141. The van der Waals surface area contributed by atoms with Gasteiger partial charge in [-0.25, -0.2) is 8.78 Å². The summed E-state index contributed by atoms with van der Waals surface area (Å²) in [7, 11) is 0. The molecule has 1 aromatic carbocycles. The van der Waals surface area contributed by atoms with Crippen LogP contribution in [0.1, 0.15) is 37.0 Å². The molecule has 2 amide bonds. The van der Waals surface area contributed by atoms with Crippen LogP contribution in [0.15, 0.2) is 18.2 Å². The second-order valence-corrected chi connectivity index (χ2v) is 8.69. The van der Waals surface area contributed by atoms with E-state index in [1.54, 1.807) is 4.90 Å². The smallest absolute Gasteiger partial charge is 0.256 e. The van der Waals surface area contributed by atoms with Crippen molar-refractivity contribution in [3.05, 3.63) is 35.4 Å². The van der Waals surface area contributed by atoms with Crippen molar-refractivity contribution >= 4 is 11.8 Å². The minimum atomic E-state index is -0.729. The molecule has 3 heterocycles. The zero-order chi connectivity index (χ0) is 20.1. The van der Waals surface area contributed by atoms with Crippen molar-refractivity contribution in [1.29, 1.82) is 0 Å². The van der Waals surface area contributed by atoms with Crippen LogP contribution in [0.5, 0.6) is 0 Å². The predicted molar refractivity (Wildman–Crippen MR) is 101 cm³/mol. The van der Waals surface area contributed by atoms with Crippen LogP contribution in [-0.2, 0) is 4.79 Å². The fourth-order valence-corrected chi connectivity index (χ4v) is 5.02. The Balaban J connectivity index is 1.62. The minimum Gasteiger partial charge on any atom is -0.342 e. The summed E-state index contributed by atoms with van der Waals surface area (Å²) in [6.45, 7) is 7.78. The van der Waals surface area contributed by atoms with Gasteiger partial charge >= 0.3 is 0 Å². The molecule has 0 unspecified atom stereocenters. The largest absolute Gasteiger partial charge is 0.342 e. The van der Waals surface area contributed by atoms with E-state index in [1.165, 1.54) is 0 Å². The molecule has 4 rings (SSSR count). The van der Waals surface area contributed by atoms with Crippen molar-refractivity contribution in [3.8, 4) is 0 Å². The van der Waals surface area contributed by atoms with Crippen molar-refractivity contribution in [3.63, 3.8) is 0 Å². The summed E-state index contributed by atoms with van der Waals surface area (Å²) in [4.78, 5) is 32.2. The van der Waals surface area contributed by atoms with Gasteiger partial charge in [0.2, 0.25) is 5.91 Å². The van der Waals surface area contributed by atoms with Gasteiger partial charge in [0, 0.05) is 51.2 Å². The molecule has 1 aromatic rings. The first-order valence-corrected chi connectivity index (χ1v) is 10.1. The van der Waals surface area contributed by atoms with Gasteiger partial charge in [-0.05, 0) is 44.9 Å². The number of amides is 2. The van der Waals surface area contributed by atoms with Gasteiger partial charge in [-0.2, -0.15) is 0 Å². The van der Waals surface area contributed by atoms with E-state index in [4.69, 9.17) is 0 Å². The van der Waals surface area contributed by atoms with Crippen LogP contribution in [0.25, 0.3) is 0 Å². The van der Waals surface area contributed by atoms with Gasteiger partial charge in [-0.1, -0.05) is 0 Å². The highest BCUT2D eigenvalue weighted by molar-refractivity contribution is 5.96. The Morgan fingerprint density at radius 3 is 2.46 bits per heavy atom. The van der Waals surface area contributed by atoms with Gasteiger partial charge in [-0.3, -0.25) is 14.5 Å². The van der Waals surface area contributed by atoms with Crippen LogP contribution >= 0.6 is 0 Å². The molecule has 28 heavy (non-hydrogen) atoms. The SMILES string of the molecule is CC(C)N1C[C@H]2CN(C(=O)c3cc(F)ccc3F)C[C@@]2(C(=O)N2CCCC2)C1. The quantitative estimate of drug-likeness (QED) is 0.795. The lowest BCUT2D eigenvalue weighted by Crippen LogP contribution is -2.49. The normalized spacial score (nSPS) is 27.7. The molecule has 0 bridgehead atoms. The maximum absolute atomic E-state index is 14.1. The molecule has 0 aliphatic carbocycles. The van der Waals surface area contributed by atoms with Crippen molar-refractivity contribution in [1.82, 2.24) is 14.7 Å². The van der Waals surface area contributed by atoms with E-state index in [-0.39, 0.29) is 23.9 Å². The highest BCUT2D eigenvalue weighted by Gasteiger charge is 2.59. The highest BCUT2D eigenvalue weighted by atomic mass is 19.1. The Kier molecular flexibility index (Phi) is 4.89. The van der Waals surface area contributed by atoms with Crippen molar-refractivity contribution in [2.75, 3.05) is 39.3 Å². The van der Waals surface area contributed by atoms with E-state index < -0.39 is 23.0 Å². The van der Waals surface area contributed by atoms with Gasteiger partial charge in [0.1, 0.15) is 11.6 Å². The molecule has 0 saturated carbocycles. The zero-order valence-corrected chi connectivity index (χ0v) is 16.5. The number of rotatable bonds is 3. The number of fused-ring (bicyclic) bond motifs is 1. The topological polar surface area (TPSA) is 43.9 Å². The summed E-state index contributed by atoms with van der Waals surface area (Å²) in [6.07, 6.45) is 2.02. The molecule has 152 valence electrons. The Hall–Kier alpha value is -2.02. The molecule has 3 saturated heterocycles. The van der Waals surface area contributed by atoms with Crippen LogP contribution in [0, 0.1) is 23.0 Å². The standard InChI is InChI=1S/C21H27F2N3O2/c1-14(2)25-10-15-11-26(19(27)17-9-16(22)5-6-18(17)23)13-21(15,12-25)20(28)24-7-3-4-8-24/h5-6,9,14-15H,3-4,7-8,10-13H2,1-2H3/t15-,21-/m0/s1. The lowest BCUT2D eigenvalue weighted by Gasteiger charge is -2.33. The maximum Gasteiger partial charge on any atom is 0.256 e. The molecule has 2 atom stereocenters. The molecule has 5 nitrogen and oxygen atoms in total. The van der Waals surface area contributed by atoms with Crippen LogP contribution in [0.3, 0.4) is 0 Å². The van der Waals surface area contributed by atoms with E-state index in [0.717, 1.165) is 50.7 Å². The van der Waals surface area contributed by atoms with Crippen LogP contribution < -0.4 is 0 Å². The average molecular weight is 391 g/mol. The summed E-state index contributed by atoms with van der Waals surface area (Å²) in [5.41, 5.74) is -0.905. The summed E-state index contributed by atoms with van der Waals surface area (Å²) in [5, 5.41) is 0. The molecule has 3 aliphatic heterocycles. The first-order valence-electron chi connectivity index (χ1n) is 10.1. The van der Waals surface area contributed by atoms with Gasteiger partial charge in [0.15, 0.2) is 0 Å². The van der Waals surface area contributed by atoms with Gasteiger partial charge in [0.05, 0.1) is 11.0 Å². The number of benzene rings is 1. The average Bonchev–Trinajstić information content (AvgIpc) is 3.37. The number of carbonyl (C=O) groups excluding carboxylic acids is 2. The Morgan fingerprint density at radius 2 is 1.79 bits per heavy atom. The van der Waals surface area contributed by atoms with Gasteiger partial charge < -0.3 is 9.80 Å². The third-order valence-electron chi connectivity index (χ3n) is 6.63. The van der Waals surface area contributed by atoms with E-state index in [0.29, 0.717) is 19.1 Å². The molecule has 0 spiro atoms. The van der Waals surface area contributed by atoms with E-state index in [9.17, 15) is 18.4 Å². The number of likely N-dealkylation sites (tertiary alicyclic amines) is 3. The summed E-state index contributed by atoms with van der Waals surface area (Å²) < 4.78 is 27.7. The van der Waals surface area contributed by atoms with Gasteiger partial charge in [0.25, 0.3) is 5.91 Å². The molecular formula is C21H27F2N3O2. The third-order valence-corrected chi connectivity index (χ3v) is 6.63. The molecule has 0 aromatic heterocycles. The molecule has 0 N–H and O–H groups in total. The number of hydrogen-bond donors (Lipinski definition) is 0. The molecule has 7 heteroatoms. The van der Waals surface area contributed by atoms with Gasteiger partial charge in [-0.15, -0.1) is 0 Å². The summed E-state index contributed by atoms with van der Waals surface area (Å²) in [6, 6.07) is 3.24. The predicted octanol–water partition coefficient (Wildman–Crippen LogP) is 2.37. The van der Waals surface area contributed by atoms with Crippen LogP contribution in [0.4, 0.5) is 8.78 Å². The molecule has 3 aliphatic rings. The Labute approximate surface area is 164 Å². The zero-order valence-electron chi connectivity index (χ0n) is 16.5. The monoisotopic (exact) mass is 391 g/mol. The molecular weight excluding hydrogens is 364 g/mol. The number of halogens is 2. The van der Waals surface area contributed by atoms with Crippen molar-refractivity contribution < 1.29 is 18.4 Å². The van der Waals surface area contributed by atoms with E-state index >= 15 is 0 Å². The second-order valence-electron chi connectivity index (χ2n) is 8.69. The Bertz CT molecular complexity index is 794. The third kappa shape index (κ3) is 3.09. The number of carbonyl (C=O) groups is 2. The second kappa shape index (κ2) is 7.10. The summed E-state index contributed by atoms with van der Waals surface area (Å²) >= 11 is 0. The number of hydrogen-bond acceptors (Lipinski definition) is 3. The lowest BCUT2D eigenvalue weighted by atomic mass is 9.79. The van der Waals surface area contributed by atoms with E-state index in [2.05, 4.69) is 18.7 Å². The first kappa shape index (κ1) is 19.3. The fraction of sp³-hybridized carbons (Fsp3) is 0.619. The van der Waals surface area contributed by atoms with Crippen molar-refractivity contribution in [2.24, 2.45) is 11.3 Å². The van der Waals surface area contributed by atoms with Crippen molar-refractivity contribution in [2.45, 2.75) is 32.7 Å². The fourth-order valence-electron chi connectivity index (χ4n) is 5.02.